The van der Waals surface area contributed by atoms with Crippen molar-refractivity contribution in [1.29, 1.82) is 0 Å². The zero-order valence-electron chi connectivity index (χ0n) is 13.6. The number of esters is 1. The number of likely N-dealkylation sites (tertiary alicyclic amines) is 1. The molecule has 6 heteroatoms. The lowest BCUT2D eigenvalue weighted by molar-refractivity contribution is -0.132. The van der Waals surface area contributed by atoms with Gasteiger partial charge in [-0.2, -0.15) is 0 Å². The van der Waals surface area contributed by atoms with Crippen LogP contribution in [0.15, 0.2) is 24.3 Å². The van der Waals surface area contributed by atoms with Gasteiger partial charge in [0.25, 0.3) is 0 Å². The topological polar surface area (TPSA) is 66.9 Å². The molecule has 6 nitrogen and oxygen atoms in total. The molecule has 0 atom stereocenters. The van der Waals surface area contributed by atoms with E-state index in [1.807, 2.05) is 0 Å². The molecule has 0 radical (unpaired) electrons. The largest absolute Gasteiger partial charge is 0.465 e. The van der Waals surface area contributed by atoms with Crippen LogP contribution in [-0.2, 0) is 14.3 Å². The van der Waals surface area contributed by atoms with Gasteiger partial charge < -0.3 is 14.5 Å². The average molecular weight is 318 g/mol. The zero-order chi connectivity index (χ0) is 16.8. The third-order valence-electron chi connectivity index (χ3n) is 3.96. The van der Waals surface area contributed by atoms with E-state index in [9.17, 15) is 14.4 Å². The van der Waals surface area contributed by atoms with Crippen molar-refractivity contribution in [3.63, 3.8) is 0 Å². The summed E-state index contributed by atoms with van der Waals surface area (Å²) < 4.78 is 4.69. The molecule has 1 fully saturated rings. The highest BCUT2D eigenvalue weighted by atomic mass is 16.5. The quantitative estimate of drug-likeness (QED) is 0.795. The monoisotopic (exact) mass is 318 g/mol. The van der Waals surface area contributed by atoms with Gasteiger partial charge in [0.05, 0.1) is 12.7 Å². The molecule has 0 N–H and O–H groups in total. The molecule has 0 aliphatic carbocycles. The van der Waals surface area contributed by atoms with E-state index in [1.165, 1.54) is 18.9 Å². The summed E-state index contributed by atoms with van der Waals surface area (Å²) in [4.78, 5) is 39.2. The van der Waals surface area contributed by atoms with Crippen LogP contribution in [0.4, 0.5) is 5.69 Å². The van der Waals surface area contributed by atoms with Gasteiger partial charge in [0, 0.05) is 25.7 Å². The Kier molecular flexibility index (Phi) is 5.73. The minimum absolute atomic E-state index is 0.0139. The SMILES string of the molecule is COC(=O)c1cccc(N(CC(=O)N2CCCCC2)C(C)=O)c1. The smallest absolute Gasteiger partial charge is 0.337 e. The maximum atomic E-state index is 12.4. The summed E-state index contributed by atoms with van der Waals surface area (Å²) in [6.07, 6.45) is 3.15. The van der Waals surface area contributed by atoms with Crippen molar-refractivity contribution >= 4 is 23.5 Å². The zero-order valence-corrected chi connectivity index (χ0v) is 13.6. The van der Waals surface area contributed by atoms with Gasteiger partial charge in [-0.15, -0.1) is 0 Å². The molecule has 1 heterocycles. The van der Waals surface area contributed by atoms with Crippen molar-refractivity contribution < 1.29 is 19.1 Å². The fourth-order valence-electron chi connectivity index (χ4n) is 2.68. The van der Waals surface area contributed by atoms with E-state index >= 15 is 0 Å². The number of rotatable bonds is 4. The molecule has 0 aromatic heterocycles. The molecule has 2 amide bonds. The first-order valence-electron chi connectivity index (χ1n) is 7.77. The van der Waals surface area contributed by atoms with Crippen LogP contribution in [0.1, 0.15) is 36.5 Å². The lowest BCUT2D eigenvalue weighted by atomic mass is 10.1. The number of piperidine rings is 1. The van der Waals surface area contributed by atoms with E-state index in [0.29, 0.717) is 11.3 Å². The Morgan fingerprint density at radius 3 is 2.48 bits per heavy atom. The molecule has 1 saturated heterocycles. The highest BCUT2D eigenvalue weighted by Crippen LogP contribution is 2.18. The van der Waals surface area contributed by atoms with Gasteiger partial charge in [-0.3, -0.25) is 9.59 Å². The van der Waals surface area contributed by atoms with Crippen LogP contribution in [0.3, 0.4) is 0 Å². The van der Waals surface area contributed by atoms with E-state index in [2.05, 4.69) is 0 Å². The molecule has 23 heavy (non-hydrogen) atoms. The van der Waals surface area contributed by atoms with Crippen LogP contribution < -0.4 is 4.90 Å². The van der Waals surface area contributed by atoms with Crippen LogP contribution in [0.25, 0.3) is 0 Å². The summed E-state index contributed by atoms with van der Waals surface area (Å²) in [7, 11) is 1.30. The fourth-order valence-corrected chi connectivity index (χ4v) is 2.68. The van der Waals surface area contributed by atoms with Gasteiger partial charge in [-0.05, 0) is 37.5 Å². The first-order valence-corrected chi connectivity index (χ1v) is 7.77. The fraction of sp³-hybridized carbons (Fsp3) is 0.471. The van der Waals surface area contributed by atoms with Crippen molar-refractivity contribution in [2.45, 2.75) is 26.2 Å². The summed E-state index contributed by atoms with van der Waals surface area (Å²) in [5.74, 6) is -0.779. The number of hydrogen-bond acceptors (Lipinski definition) is 4. The van der Waals surface area contributed by atoms with Crippen molar-refractivity contribution in [3.8, 4) is 0 Å². The Labute approximate surface area is 136 Å². The molecule has 0 saturated carbocycles. The van der Waals surface area contributed by atoms with Crippen LogP contribution in [0.5, 0.6) is 0 Å². The van der Waals surface area contributed by atoms with Crippen molar-refractivity contribution in [3.05, 3.63) is 29.8 Å². The Hall–Kier alpha value is -2.37. The number of amides is 2. The predicted octanol–water partition coefficient (Wildman–Crippen LogP) is 1.84. The van der Waals surface area contributed by atoms with Crippen LogP contribution in [-0.4, -0.2) is 49.4 Å². The van der Waals surface area contributed by atoms with Gasteiger partial charge in [0.2, 0.25) is 11.8 Å². The molecule has 1 aliphatic rings. The highest BCUT2D eigenvalue weighted by molar-refractivity contribution is 5.99. The van der Waals surface area contributed by atoms with E-state index < -0.39 is 5.97 Å². The minimum atomic E-state index is -0.474. The normalized spacial score (nSPS) is 14.3. The molecule has 0 unspecified atom stereocenters. The number of carbonyl (C=O) groups is 3. The van der Waals surface area contributed by atoms with E-state index in [0.717, 1.165) is 32.4 Å². The number of benzene rings is 1. The number of ether oxygens (including phenoxy) is 1. The molecule has 0 spiro atoms. The van der Waals surface area contributed by atoms with Crippen molar-refractivity contribution in [2.24, 2.45) is 0 Å². The first-order chi connectivity index (χ1) is 11.0. The molecule has 1 aliphatic heterocycles. The Bertz CT molecular complexity index is 594. The minimum Gasteiger partial charge on any atom is -0.465 e. The molecule has 0 bridgehead atoms. The van der Waals surface area contributed by atoms with Crippen molar-refractivity contribution in [1.82, 2.24) is 4.90 Å². The second-order valence-corrected chi connectivity index (χ2v) is 5.59. The van der Waals surface area contributed by atoms with Crippen LogP contribution >= 0.6 is 0 Å². The molecule has 1 aromatic carbocycles. The lowest BCUT2D eigenvalue weighted by Crippen LogP contribution is -2.44. The maximum Gasteiger partial charge on any atom is 0.337 e. The Morgan fingerprint density at radius 2 is 1.87 bits per heavy atom. The summed E-state index contributed by atoms with van der Waals surface area (Å²) in [5.41, 5.74) is 0.868. The molecular weight excluding hydrogens is 296 g/mol. The summed E-state index contributed by atoms with van der Waals surface area (Å²) in [6, 6.07) is 6.55. The van der Waals surface area contributed by atoms with Gasteiger partial charge in [0.1, 0.15) is 6.54 Å². The molecule has 1 aromatic rings. The van der Waals surface area contributed by atoms with E-state index in [4.69, 9.17) is 4.74 Å². The standard InChI is InChI=1S/C17H22N2O4/c1-13(20)19(12-16(21)18-9-4-3-5-10-18)15-8-6-7-14(11-15)17(22)23-2/h6-8,11H,3-5,9-10,12H2,1-2H3. The highest BCUT2D eigenvalue weighted by Gasteiger charge is 2.22. The van der Waals surface area contributed by atoms with Gasteiger partial charge >= 0.3 is 5.97 Å². The molecular formula is C17H22N2O4. The predicted molar refractivity (Wildman–Crippen MR) is 86.2 cm³/mol. The third kappa shape index (κ3) is 4.31. The second-order valence-electron chi connectivity index (χ2n) is 5.59. The van der Waals surface area contributed by atoms with Crippen LogP contribution in [0.2, 0.25) is 0 Å². The van der Waals surface area contributed by atoms with E-state index in [1.54, 1.807) is 29.2 Å². The molecule has 124 valence electrons. The van der Waals surface area contributed by atoms with Gasteiger partial charge in [0.15, 0.2) is 0 Å². The number of anilines is 1. The Morgan fingerprint density at radius 1 is 1.17 bits per heavy atom. The summed E-state index contributed by atoms with van der Waals surface area (Å²) >= 11 is 0. The maximum absolute atomic E-state index is 12.4. The first kappa shape index (κ1) is 17.0. The number of nitrogens with zero attached hydrogens (tertiary/aromatic N) is 2. The second kappa shape index (κ2) is 7.76. The summed E-state index contributed by atoms with van der Waals surface area (Å²) in [6.45, 7) is 2.88. The number of methoxy groups -OCH3 is 1. The Balaban J connectivity index is 2.16. The summed E-state index contributed by atoms with van der Waals surface area (Å²) in [5, 5.41) is 0. The lowest BCUT2D eigenvalue weighted by Gasteiger charge is -2.29. The van der Waals surface area contributed by atoms with Crippen molar-refractivity contribution in [2.75, 3.05) is 31.6 Å². The average Bonchev–Trinajstić information content (AvgIpc) is 2.59. The van der Waals surface area contributed by atoms with Crippen LogP contribution in [0, 0.1) is 0 Å². The molecule has 2 rings (SSSR count). The van der Waals surface area contributed by atoms with E-state index in [-0.39, 0.29) is 18.4 Å². The third-order valence-corrected chi connectivity index (χ3v) is 3.96. The van der Waals surface area contributed by atoms with Gasteiger partial charge in [-0.25, -0.2) is 4.79 Å². The number of hydrogen-bond donors (Lipinski definition) is 0. The van der Waals surface area contributed by atoms with Gasteiger partial charge in [-0.1, -0.05) is 6.07 Å². The number of carbonyl (C=O) groups excluding carboxylic acids is 3.